The highest BCUT2D eigenvalue weighted by molar-refractivity contribution is 5.94. The number of guanidine groups is 1. The molecule has 4 unspecified atom stereocenters. The van der Waals surface area contributed by atoms with Crippen molar-refractivity contribution in [3.05, 3.63) is 35.9 Å². The monoisotopic (exact) mass is 479 g/mol. The normalized spacial score (nSPS) is 14.1. The van der Waals surface area contributed by atoms with E-state index in [0.29, 0.717) is 0 Å². The number of hydrogen-bond donors (Lipinski definition) is 8. The molecule has 0 aliphatic heterocycles. The van der Waals surface area contributed by atoms with Crippen LogP contribution in [0.25, 0.3) is 0 Å². The molecular formula is C21H33N7O6. The van der Waals surface area contributed by atoms with Crippen LogP contribution in [0.5, 0.6) is 0 Å². The zero-order valence-electron chi connectivity index (χ0n) is 18.9. The Kier molecular flexibility index (Phi) is 12.0. The number of rotatable bonds is 14. The van der Waals surface area contributed by atoms with Crippen molar-refractivity contribution < 1.29 is 29.4 Å². The average Bonchev–Trinajstić information content (AvgIpc) is 2.78. The number of carboxylic acids is 1. The van der Waals surface area contributed by atoms with Gasteiger partial charge in [-0.05, 0) is 25.3 Å². The van der Waals surface area contributed by atoms with Crippen molar-refractivity contribution in [1.29, 1.82) is 0 Å². The molecule has 188 valence electrons. The van der Waals surface area contributed by atoms with Gasteiger partial charge in [0.1, 0.15) is 18.1 Å². The number of carbonyl (C=O) groups is 4. The number of aliphatic hydroxyl groups is 1. The third kappa shape index (κ3) is 10.3. The van der Waals surface area contributed by atoms with Crippen molar-refractivity contribution in [1.82, 2.24) is 16.0 Å². The second-order valence-electron chi connectivity index (χ2n) is 7.63. The molecule has 1 aromatic carbocycles. The molecule has 0 radical (unpaired) electrons. The van der Waals surface area contributed by atoms with Crippen molar-refractivity contribution in [3.63, 3.8) is 0 Å². The van der Waals surface area contributed by atoms with Crippen LogP contribution in [0.2, 0.25) is 0 Å². The molecule has 0 aliphatic rings. The van der Waals surface area contributed by atoms with E-state index in [9.17, 15) is 24.3 Å². The van der Waals surface area contributed by atoms with E-state index in [4.69, 9.17) is 22.3 Å². The van der Waals surface area contributed by atoms with Crippen LogP contribution in [0, 0.1) is 0 Å². The minimum Gasteiger partial charge on any atom is -0.480 e. The summed E-state index contributed by atoms with van der Waals surface area (Å²) < 4.78 is 0. The predicted molar refractivity (Wildman–Crippen MR) is 124 cm³/mol. The Bertz CT molecular complexity index is 858. The topological polar surface area (TPSA) is 235 Å². The zero-order valence-corrected chi connectivity index (χ0v) is 18.9. The molecule has 1 aromatic rings. The van der Waals surface area contributed by atoms with E-state index in [-0.39, 0.29) is 31.8 Å². The highest BCUT2D eigenvalue weighted by Crippen LogP contribution is 2.06. The van der Waals surface area contributed by atoms with E-state index >= 15 is 0 Å². The van der Waals surface area contributed by atoms with E-state index in [1.54, 1.807) is 30.3 Å². The summed E-state index contributed by atoms with van der Waals surface area (Å²) in [4.78, 5) is 52.9. The molecule has 0 saturated heterocycles. The van der Waals surface area contributed by atoms with E-state index in [2.05, 4.69) is 20.9 Å². The minimum absolute atomic E-state index is 0.0609. The van der Waals surface area contributed by atoms with Gasteiger partial charge in [0, 0.05) is 13.0 Å². The fraction of sp³-hybridized carbons (Fsp3) is 0.476. The molecule has 0 heterocycles. The molecule has 3 amide bonds. The van der Waals surface area contributed by atoms with Crippen LogP contribution >= 0.6 is 0 Å². The van der Waals surface area contributed by atoms with Gasteiger partial charge in [-0.15, -0.1) is 0 Å². The van der Waals surface area contributed by atoms with Crippen LogP contribution in [-0.2, 0) is 25.6 Å². The summed E-state index contributed by atoms with van der Waals surface area (Å²) in [5, 5.41) is 25.6. The number of nitrogens with zero attached hydrogens (tertiary/aromatic N) is 1. The highest BCUT2D eigenvalue weighted by atomic mass is 16.4. The first kappa shape index (κ1) is 28.3. The van der Waals surface area contributed by atoms with Crippen LogP contribution in [0.15, 0.2) is 35.3 Å². The first-order valence-electron chi connectivity index (χ1n) is 10.6. The van der Waals surface area contributed by atoms with Crippen LogP contribution in [0.1, 0.15) is 25.3 Å². The van der Waals surface area contributed by atoms with Gasteiger partial charge >= 0.3 is 5.97 Å². The molecule has 0 saturated carbocycles. The van der Waals surface area contributed by atoms with Crippen molar-refractivity contribution in [2.24, 2.45) is 22.2 Å². The number of nitrogens with two attached hydrogens (primary N) is 3. The third-order valence-corrected chi connectivity index (χ3v) is 4.70. The summed E-state index contributed by atoms with van der Waals surface area (Å²) >= 11 is 0. The maximum absolute atomic E-state index is 13.1. The summed E-state index contributed by atoms with van der Waals surface area (Å²) in [6.07, 6.45) is 0.468. The van der Waals surface area contributed by atoms with Gasteiger partial charge in [-0.2, -0.15) is 0 Å². The molecule has 4 atom stereocenters. The summed E-state index contributed by atoms with van der Waals surface area (Å²) in [5.41, 5.74) is 16.9. The largest absolute Gasteiger partial charge is 0.480 e. The number of hydrogen-bond acceptors (Lipinski definition) is 7. The summed E-state index contributed by atoms with van der Waals surface area (Å²) in [6.45, 7) is 0.795. The standard InChI is InChI=1S/C21H33N7O6/c1-12(22)17(30)27-15(10-13-6-3-2-4-7-13)19(32)26-14(8-5-9-25-21(23)24)18(31)28-16(11-29)20(33)34/h2-4,6-7,12,14-16,29H,5,8-11,22H2,1H3,(H,26,32)(H,27,30)(H,28,31)(H,33,34)(H4,23,24,25). The Balaban J connectivity index is 3.05. The third-order valence-electron chi connectivity index (χ3n) is 4.70. The molecule has 0 aromatic heterocycles. The lowest BCUT2D eigenvalue weighted by Gasteiger charge is -2.24. The number of nitrogens with one attached hydrogen (secondary N) is 3. The average molecular weight is 480 g/mol. The van der Waals surface area contributed by atoms with Gasteiger partial charge in [-0.25, -0.2) is 4.79 Å². The van der Waals surface area contributed by atoms with Crippen LogP contribution in [0.3, 0.4) is 0 Å². The van der Waals surface area contributed by atoms with Gasteiger partial charge in [-0.3, -0.25) is 19.4 Å². The minimum atomic E-state index is -1.55. The van der Waals surface area contributed by atoms with Gasteiger partial charge < -0.3 is 43.4 Å². The summed E-state index contributed by atoms with van der Waals surface area (Å²) in [6, 6.07) is 4.25. The Morgan fingerprint density at radius 1 is 0.941 bits per heavy atom. The van der Waals surface area contributed by atoms with Crippen molar-refractivity contribution in [2.45, 2.75) is 50.4 Å². The van der Waals surface area contributed by atoms with Gasteiger partial charge in [-0.1, -0.05) is 30.3 Å². The predicted octanol–water partition coefficient (Wildman–Crippen LogP) is -2.84. The first-order valence-corrected chi connectivity index (χ1v) is 10.6. The fourth-order valence-electron chi connectivity index (χ4n) is 2.86. The Morgan fingerprint density at radius 3 is 2.03 bits per heavy atom. The van der Waals surface area contributed by atoms with Crippen LogP contribution < -0.4 is 33.2 Å². The number of aliphatic hydroxyl groups excluding tert-OH is 1. The Labute approximate surface area is 197 Å². The maximum atomic E-state index is 13.1. The molecule has 11 N–H and O–H groups in total. The molecule has 1 rings (SSSR count). The second kappa shape index (κ2) is 14.4. The summed E-state index contributed by atoms with van der Waals surface area (Å²) in [7, 11) is 0. The Morgan fingerprint density at radius 2 is 1.50 bits per heavy atom. The van der Waals surface area contributed by atoms with Crippen LogP contribution in [-0.4, -0.2) is 77.2 Å². The summed E-state index contributed by atoms with van der Waals surface area (Å²) in [5.74, 6) is -3.63. The SMILES string of the molecule is CC(N)C(=O)NC(Cc1ccccc1)C(=O)NC(CCCN=C(N)N)C(=O)NC(CO)C(=O)O. The lowest BCUT2D eigenvalue weighted by molar-refractivity contribution is -0.143. The molecule has 13 nitrogen and oxygen atoms in total. The van der Waals surface area contributed by atoms with Crippen LogP contribution in [0.4, 0.5) is 0 Å². The lowest BCUT2D eigenvalue weighted by atomic mass is 10.0. The van der Waals surface area contributed by atoms with Gasteiger partial charge in [0.15, 0.2) is 5.96 Å². The molecule has 0 aliphatic carbocycles. The number of aliphatic imine (C=N–C) groups is 1. The molecule has 0 bridgehead atoms. The van der Waals surface area contributed by atoms with E-state index in [1.165, 1.54) is 6.92 Å². The van der Waals surface area contributed by atoms with Gasteiger partial charge in [0.2, 0.25) is 17.7 Å². The first-order chi connectivity index (χ1) is 16.0. The van der Waals surface area contributed by atoms with Crippen molar-refractivity contribution >= 4 is 29.7 Å². The van der Waals surface area contributed by atoms with E-state index in [1.807, 2.05) is 0 Å². The number of benzene rings is 1. The van der Waals surface area contributed by atoms with Crippen molar-refractivity contribution in [3.8, 4) is 0 Å². The molecular weight excluding hydrogens is 446 g/mol. The smallest absolute Gasteiger partial charge is 0.328 e. The number of carboxylic acid groups (broad SMARTS) is 1. The zero-order chi connectivity index (χ0) is 25.7. The molecule has 0 spiro atoms. The molecule has 13 heteroatoms. The van der Waals surface area contributed by atoms with Gasteiger partial charge in [0.05, 0.1) is 12.6 Å². The number of carbonyl (C=O) groups excluding carboxylic acids is 3. The lowest BCUT2D eigenvalue weighted by Crippen LogP contribution is -2.57. The van der Waals surface area contributed by atoms with Crippen molar-refractivity contribution in [2.75, 3.05) is 13.2 Å². The molecule has 34 heavy (non-hydrogen) atoms. The highest BCUT2D eigenvalue weighted by Gasteiger charge is 2.29. The molecule has 0 fully saturated rings. The van der Waals surface area contributed by atoms with E-state index < -0.39 is 54.5 Å². The maximum Gasteiger partial charge on any atom is 0.328 e. The quantitative estimate of drug-likeness (QED) is 0.0778. The fourth-order valence-corrected chi connectivity index (χ4v) is 2.86. The van der Waals surface area contributed by atoms with Gasteiger partial charge in [0.25, 0.3) is 0 Å². The second-order valence-corrected chi connectivity index (χ2v) is 7.63. The van der Waals surface area contributed by atoms with E-state index in [0.717, 1.165) is 5.56 Å². The number of amides is 3. The Hall–Kier alpha value is -3.71. The number of aliphatic carboxylic acids is 1.